The summed E-state index contributed by atoms with van der Waals surface area (Å²) < 4.78 is 21.8. The van der Waals surface area contributed by atoms with Gasteiger partial charge in [0.1, 0.15) is 0 Å². The molecule has 1 aliphatic heterocycles. The lowest BCUT2D eigenvalue weighted by Gasteiger charge is -2.32. The molecule has 0 saturated carbocycles. The molecule has 184 valence electrons. The van der Waals surface area contributed by atoms with Crippen molar-refractivity contribution in [3.05, 3.63) is 60.0 Å². The standard InChI is InChI=1S/C14H17BCl2O4.C8H5BrCl2O2/c1-13(2)14(3,4)21-15(20-13)8-6-9(16)11(10(17)7-8)12(18)19-5;1-13-8(12)7-5(10)2-4(9)3-6(7)11/h6-7H,1-5H3;2-3H,1H3. The number of benzene rings is 2. The van der Waals surface area contributed by atoms with Crippen molar-refractivity contribution < 1.29 is 28.4 Å². The molecule has 1 saturated heterocycles. The van der Waals surface area contributed by atoms with Gasteiger partial charge in [-0.05, 0) is 57.4 Å². The molecule has 1 heterocycles. The van der Waals surface area contributed by atoms with E-state index < -0.39 is 30.3 Å². The zero-order valence-electron chi connectivity index (χ0n) is 19.2. The highest BCUT2D eigenvalue weighted by Crippen LogP contribution is 2.37. The Labute approximate surface area is 227 Å². The Morgan fingerprint density at radius 2 is 1.09 bits per heavy atom. The Bertz CT molecular complexity index is 1050. The van der Waals surface area contributed by atoms with Crippen LogP contribution in [0.4, 0.5) is 0 Å². The molecule has 1 fully saturated rings. The highest BCUT2D eigenvalue weighted by Gasteiger charge is 2.51. The average molecular weight is 615 g/mol. The molecule has 2 aromatic rings. The molecule has 0 unspecified atom stereocenters. The Morgan fingerprint density at radius 1 is 0.765 bits per heavy atom. The molecule has 6 nitrogen and oxygen atoms in total. The summed E-state index contributed by atoms with van der Waals surface area (Å²) >= 11 is 27.0. The number of rotatable bonds is 3. The van der Waals surface area contributed by atoms with Crippen LogP contribution >= 0.6 is 62.3 Å². The van der Waals surface area contributed by atoms with Gasteiger partial charge in [-0.2, -0.15) is 0 Å². The van der Waals surface area contributed by atoms with E-state index in [-0.39, 0.29) is 31.2 Å². The van der Waals surface area contributed by atoms with Gasteiger partial charge < -0.3 is 18.8 Å². The molecule has 2 aromatic carbocycles. The van der Waals surface area contributed by atoms with Crippen LogP contribution in [-0.4, -0.2) is 44.5 Å². The highest BCUT2D eigenvalue weighted by molar-refractivity contribution is 9.10. The van der Waals surface area contributed by atoms with Crippen molar-refractivity contribution in [1.82, 2.24) is 0 Å². The van der Waals surface area contributed by atoms with E-state index in [0.717, 1.165) is 4.47 Å². The van der Waals surface area contributed by atoms with Gasteiger partial charge in [-0.1, -0.05) is 62.3 Å². The van der Waals surface area contributed by atoms with E-state index in [1.54, 1.807) is 24.3 Å². The molecule has 0 amide bonds. The summed E-state index contributed by atoms with van der Waals surface area (Å²) in [7, 11) is 1.96. The predicted octanol–water partition coefficient (Wildman–Crippen LogP) is 6.62. The molecule has 0 N–H and O–H groups in total. The summed E-state index contributed by atoms with van der Waals surface area (Å²) in [6.45, 7) is 7.83. The second kappa shape index (κ2) is 11.4. The van der Waals surface area contributed by atoms with Crippen LogP contribution in [0.15, 0.2) is 28.7 Å². The molecule has 0 bridgehead atoms. The molecule has 0 aliphatic carbocycles. The van der Waals surface area contributed by atoms with Gasteiger partial charge in [-0.25, -0.2) is 9.59 Å². The van der Waals surface area contributed by atoms with E-state index in [4.69, 9.17) is 55.7 Å². The molecule has 0 radical (unpaired) electrons. The minimum atomic E-state index is -0.586. The number of methoxy groups -OCH3 is 2. The molecule has 0 aromatic heterocycles. The first-order valence-electron chi connectivity index (χ1n) is 9.81. The Hall–Kier alpha value is -0.995. The number of halogens is 5. The van der Waals surface area contributed by atoms with Crippen molar-refractivity contribution >= 4 is 86.9 Å². The van der Waals surface area contributed by atoms with Crippen molar-refractivity contribution in [2.75, 3.05) is 14.2 Å². The van der Waals surface area contributed by atoms with Crippen LogP contribution in [-0.2, 0) is 18.8 Å². The zero-order chi connectivity index (χ0) is 26.0. The Kier molecular flexibility index (Phi) is 9.78. The third-order valence-electron chi connectivity index (χ3n) is 5.38. The maximum Gasteiger partial charge on any atom is 0.494 e. The third kappa shape index (κ3) is 6.41. The normalized spacial score (nSPS) is 15.9. The largest absolute Gasteiger partial charge is 0.494 e. The summed E-state index contributed by atoms with van der Waals surface area (Å²) in [4.78, 5) is 22.8. The lowest BCUT2D eigenvalue weighted by Crippen LogP contribution is -2.41. The number of hydrogen-bond donors (Lipinski definition) is 0. The Balaban J connectivity index is 0.000000270. The van der Waals surface area contributed by atoms with Gasteiger partial charge in [-0.3, -0.25) is 0 Å². The molecule has 3 rings (SSSR count). The molecular weight excluding hydrogens is 593 g/mol. The van der Waals surface area contributed by atoms with Crippen molar-refractivity contribution in [1.29, 1.82) is 0 Å². The lowest BCUT2D eigenvalue weighted by atomic mass is 9.79. The zero-order valence-corrected chi connectivity index (χ0v) is 23.8. The third-order valence-corrected chi connectivity index (χ3v) is 7.03. The molecule has 34 heavy (non-hydrogen) atoms. The topological polar surface area (TPSA) is 71.1 Å². The van der Waals surface area contributed by atoms with Gasteiger partial charge in [0.2, 0.25) is 0 Å². The van der Waals surface area contributed by atoms with Gasteiger partial charge in [-0.15, -0.1) is 0 Å². The summed E-state index contributed by atoms with van der Waals surface area (Å²) in [5, 5.41) is 0.954. The fourth-order valence-electron chi connectivity index (χ4n) is 2.84. The van der Waals surface area contributed by atoms with Crippen molar-refractivity contribution in [3.63, 3.8) is 0 Å². The first kappa shape index (κ1) is 29.2. The van der Waals surface area contributed by atoms with Gasteiger partial charge in [0, 0.05) is 4.47 Å². The van der Waals surface area contributed by atoms with Crippen LogP contribution in [0.5, 0.6) is 0 Å². The van der Waals surface area contributed by atoms with Crippen LogP contribution in [0.1, 0.15) is 48.4 Å². The van der Waals surface area contributed by atoms with Crippen LogP contribution < -0.4 is 5.46 Å². The fourth-order valence-corrected chi connectivity index (χ4v) is 4.87. The Morgan fingerprint density at radius 3 is 1.41 bits per heavy atom. The molecule has 12 heteroatoms. The van der Waals surface area contributed by atoms with Crippen molar-refractivity contribution in [3.8, 4) is 0 Å². The maximum absolute atomic E-state index is 11.6. The fraction of sp³-hybridized carbons (Fsp3) is 0.364. The van der Waals surface area contributed by atoms with E-state index in [1.807, 2.05) is 27.7 Å². The number of ether oxygens (including phenoxy) is 2. The monoisotopic (exact) mass is 612 g/mol. The number of hydrogen-bond acceptors (Lipinski definition) is 6. The van der Waals surface area contributed by atoms with Gasteiger partial charge in [0.05, 0.1) is 56.6 Å². The molecule has 0 spiro atoms. The molecule has 1 aliphatic rings. The van der Waals surface area contributed by atoms with E-state index in [0.29, 0.717) is 5.46 Å². The van der Waals surface area contributed by atoms with E-state index in [1.165, 1.54) is 14.2 Å². The van der Waals surface area contributed by atoms with E-state index in [9.17, 15) is 9.59 Å². The summed E-state index contributed by atoms with van der Waals surface area (Å²) in [6.07, 6.45) is 0. The smallest absolute Gasteiger partial charge is 0.465 e. The summed E-state index contributed by atoms with van der Waals surface area (Å²) in [6, 6.07) is 6.39. The van der Waals surface area contributed by atoms with Gasteiger partial charge in [0.25, 0.3) is 0 Å². The number of esters is 2. The summed E-state index contributed by atoms with van der Waals surface area (Å²) in [5.41, 5.74) is 0.0707. The van der Waals surface area contributed by atoms with Crippen molar-refractivity contribution in [2.45, 2.75) is 38.9 Å². The summed E-state index contributed by atoms with van der Waals surface area (Å²) in [5.74, 6) is -1.12. The number of carbonyl (C=O) groups is 2. The van der Waals surface area contributed by atoms with Gasteiger partial charge in [0.15, 0.2) is 0 Å². The minimum absolute atomic E-state index is 0.140. The lowest BCUT2D eigenvalue weighted by molar-refractivity contribution is 0.00578. The van der Waals surface area contributed by atoms with Gasteiger partial charge >= 0.3 is 19.1 Å². The van der Waals surface area contributed by atoms with Crippen LogP contribution in [0.2, 0.25) is 20.1 Å². The predicted molar refractivity (Wildman–Crippen MR) is 139 cm³/mol. The SMILES string of the molecule is COC(=O)c1c(Cl)cc(B2OC(C)(C)C(C)(C)O2)cc1Cl.COC(=O)c1c(Cl)cc(Br)cc1Cl. The second-order valence-corrected chi connectivity index (χ2v) is 10.7. The average Bonchev–Trinajstić information content (AvgIpc) is 2.94. The molecular formula is C22H22BBrCl4O6. The van der Waals surface area contributed by atoms with Crippen LogP contribution in [0.3, 0.4) is 0 Å². The highest BCUT2D eigenvalue weighted by atomic mass is 79.9. The molecule has 0 atom stereocenters. The quantitative estimate of drug-likeness (QED) is 0.286. The van der Waals surface area contributed by atoms with E-state index >= 15 is 0 Å². The first-order valence-corrected chi connectivity index (χ1v) is 12.1. The van der Waals surface area contributed by atoms with Crippen LogP contribution in [0, 0.1) is 0 Å². The minimum Gasteiger partial charge on any atom is -0.465 e. The second-order valence-electron chi connectivity index (χ2n) is 8.18. The number of carbonyl (C=O) groups excluding carboxylic acids is 2. The maximum atomic E-state index is 11.6. The first-order chi connectivity index (χ1) is 15.6. The van der Waals surface area contributed by atoms with Crippen LogP contribution in [0.25, 0.3) is 0 Å². The van der Waals surface area contributed by atoms with E-state index in [2.05, 4.69) is 25.4 Å². The van der Waals surface area contributed by atoms with Crippen molar-refractivity contribution in [2.24, 2.45) is 0 Å².